The van der Waals surface area contributed by atoms with Crippen LogP contribution in [-0.4, -0.2) is 6.04 Å². The van der Waals surface area contributed by atoms with Crippen LogP contribution in [0.2, 0.25) is 0 Å². The number of hydrogen-bond acceptors (Lipinski definition) is 1. The van der Waals surface area contributed by atoms with Crippen molar-refractivity contribution in [3.63, 3.8) is 0 Å². The molecule has 0 aliphatic heterocycles. The van der Waals surface area contributed by atoms with E-state index < -0.39 is 0 Å². The summed E-state index contributed by atoms with van der Waals surface area (Å²) < 4.78 is 0. The molecule has 0 bridgehead atoms. The van der Waals surface area contributed by atoms with E-state index in [1.165, 1.54) is 16.8 Å². The summed E-state index contributed by atoms with van der Waals surface area (Å²) in [6.07, 6.45) is 0. The van der Waals surface area contributed by atoms with Crippen LogP contribution >= 0.6 is 0 Å². The summed E-state index contributed by atoms with van der Waals surface area (Å²) in [6, 6.07) is 19.3. The summed E-state index contributed by atoms with van der Waals surface area (Å²) in [4.78, 5) is 0. The number of para-hydroxylation sites is 1. The zero-order valence-corrected chi connectivity index (χ0v) is 9.77. The Balaban J connectivity index is 2.41. The maximum absolute atomic E-state index is 3.47. The Labute approximate surface area is 97.1 Å². The van der Waals surface area contributed by atoms with Gasteiger partial charge in [-0.05, 0) is 25.5 Å². The van der Waals surface area contributed by atoms with E-state index in [4.69, 9.17) is 0 Å². The van der Waals surface area contributed by atoms with Gasteiger partial charge in [-0.2, -0.15) is 0 Å². The van der Waals surface area contributed by atoms with E-state index in [9.17, 15) is 0 Å². The molecule has 0 amide bonds. The van der Waals surface area contributed by atoms with Crippen LogP contribution in [0.25, 0.3) is 11.1 Å². The number of hydrogen-bond donors (Lipinski definition) is 1. The zero-order chi connectivity index (χ0) is 11.4. The Kier molecular flexibility index (Phi) is 3.25. The highest BCUT2D eigenvalue weighted by molar-refractivity contribution is 5.77. The quantitative estimate of drug-likeness (QED) is 0.803. The van der Waals surface area contributed by atoms with E-state index in [-0.39, 0.29) is 0 Å². The van der Waals surface area contributed by atoms with Gasteiger partial charge in [0, 0.05) is 17.3 Å². The molecule has 82 valence electrons. The third-order valence-corrected chi connectivity index (χ3v) is 2.46. The zero-order valence-electron chi connectivity index (χ0n) is 9.77. The molecule has 0 aliphatic carbocycles. The van der Waals surface area contributed by atoms with Gasteiger partial charge in [0.1, 0.15) is 0 Å². The van der Waals surface area contributed by atoms with Crippen molar-refractivity contribution >= 4 is 5.69 Å². The van der Waals surface area contributed by atoms with Crippen LogP contribution in [0.5, 0.6) is 0 Å². The molecule has 2 aromatic carbocycles. The van der Waals surface area contributed by atoms with E-state index >= 15 is 0 Å². The largest absolute Gasteiger partial charge is 0.382 e. The van der Waals surface area contributed by atoms with Crippen molar-refractivity contribution in [1.29, 1.82) is 0 Å². The van der Waals surface area contributed by atoms with Gasteiger partial charge in [0.15, 0.2) is 0 Å². The standard InChI is InChI=1S/C15H17N/c1-12(2)16-15-11-7-6-10-14(15)13-8-4-3-5-9-13/h3-12,16H,1-2H3. The Morgan fingerprint density at radius 2 is 1.44 bits per heavy atom. The van der Waals surface area contributed by atoms with Crippen molar-refractivity contribution < 1.29 is 0 Å². The molecular formula is C15H17N. The lowest BCUT2D eigenvalue weighted by atomic mass is 10.0. The van der Waals surface area contributed by atoms with Crippen molar-refractivity contribution in [2.75, 3.05) is 5.32 Å². The maximum atomic E-state index is 3.47. The average molecular weight is 211 g/mol. The minimum atomic E-state index is 0.449. The average Bonchev–Trinajstić information content (AvgIpc) is 2.30. The smallest absolute Gasteiger partial charge is 0.0421 e. The number of anilines is 1. The monoisotopic (exact) mass is 211 g/mol. The van der Waals surface area contributed by atoms with Crippen molar-refractivity contribution in [3.8, 4) is 11.1 Å². The second-order valence-corrected chi connectivity index (χ2v) is 4.21. The van der Waals surface area contributed by atoms with E-state index in [1.54, 1.807) is 0 Å². The molecule has 16 heavy (non-hydrogen) atoms. The molecular weight excluding hydrogens is 194 g/mol. The summed E-state index contributed by atoms with van der Waals surface area (Å²) in [5.41, 5.74) is 3.71. The fourth-order valence-electron chi connectivity index (χ4n) is 1.79. The van der Waals surface area contributed by atoms with Gasteiger partial charge in [-0.15, -0.1) is 0 Å². The molecule has 0 aliphatic rings. The van der Waals surface area contributed by atoms with E-state index in [0.29, 0.717) is 6.04 Å². The minimum Gasteiger partial charge on any atom is -0.382 e. The molecule has 0 saturated carbocycles. The predicted octanol–water partition coefficient (Wildman–Crippen LogP) is 4.17. The van der Waals surface area contributed by atoms with Crippen molar-refractivity contribution in [2.24, 2.45) is 0 Å². The molecule has 2 rings (SSSR count). The SMILES string of the molecule is CC(C)Nc1ccccc1-c1ccccc1. The highest BCUT2D eigenvalue weighted by Crippen LogP contribution is 2.27. The molecule has 0 unspecified atom stereocenters. The number of benzene rings is 2. The van der Waals surface area contributed by atoms with Crippen molar-refractivity contribution in [2.45, 2.75) is 19.9 Å². The topological polar surface area (TPSA) is 12.0 Å². The third kappa shape index (κ3) is 2.43. The van der Waals surface area contributed by atoms with Gasteiger partial charge >= 0.3 is 0 Å². The molecule has 1 N–H and O–H groups in total. The van der Waals surface area contributed by atoms with Crippen LogP contribution < -0.4 is 5.32 Å². The van der Waals surface area contributed by atoms with Gasteiger partial charge in [0.05, 0.1) is 0 Å². The highest BCUT2D eigenvalue weighted by Gasteiger charge is 2.04. The van der Waals surface area contributed by atoms with E-state index in [1.807, 2.05) is 6.07 Å². The Morgan fingerprint density at radius 3 is 2.12 bits per heavy atom. The lowest BCUT2D eigenvalue weighted by Crippen LogP contribution is -2.10. The third-order valence-electron chi connectivity index (χ3n) is 2.46. The van der Waals surface area contributed by atoms with Crippen LogP contribution in [0.15, 0.2) is 54.6 Å². The fourth-order valence-corrected chi connectivity index (χ4v) is 1.79. The molecule has 1 heteroatoms. The van der Waals surface area contributed by atoms with Crippen molar-refractivity contribution in [3.05, 3.63) is 54.6 Å². The molecule has 0 saturated heterocycles. The molecule has 1 nitrogen and oxygen atoms in total. The second-order valence-electron chi connectivity index (χ2n) is 4.21. The lowest BCUT2D eigenvalue weighted by Gasteiger charge is -2.14. The van der Waals surface area contributed by atoms with Gasteiger partial charge in [-0.25, -0.2) is 0 Å². The van der Waals surface area contributed by atoms with Gasteiger partial charge in [-0.3, -0.25) is 0 Å². The van der Waals surface area contributed by atoms with Gasteiger partial charge < -0.3 is 5.32 Å². The van der Waals surface area contributed by atoms with Gasteiger partial charge in [-0.1, -0.05) is 48.5 Å². The lowest BCUT2D eigenvalue weighted by molar-refractivity contribution is 0.900. The maximum Gasteiger partial charge on any atom is 0.0421 e. The first-order valence-corrected chi connectivity index (χ1v) is 5.68. The predicted molar refractivity (Wildman–Crippen MR) is 70.6 cm³/mol. The fraction of sp³-hybridized carbons (Fsp3) is 0.200. The first-order valence-electron chi connectivity index (χ1n) is 5.68. The van der Waals surface area contributed by atoms with E-state index in [2.05, 4.69) is 67.7 Å². The van der Waals surface area contributed by atoms with Crippen molar-refractivity contribution in [1.82, 2.24) is 0 Å². The Hall–Kier alpha value is -1.76. The summed E-state index contributed by atoms with van der Waals surface area (Å²) in [7, 11) is 0. The molecule has 0 atom stereocenters. The number of rotatable bonds is 3. The minimum absolute atomic E-state index is 0.449. The Morgan fingerprint density at radius 1 is 0.812 bits per heavy atom. The van der Waals surface area contributed by atoms with E-state index in [0.717, 1.165) is 0 Å². The van der Waals surface area contributed by atoms with Crippen LogP contribution in [-0.2, 0) is 0 Å². The van der Waals surface area contributed by atoms with Gasteiger partial charge in [0.25, 0.3) is 0 Å². The molecule has 2 aromatic rings. The van der Waals surface area contributed by atoms with Crippen LogP contribution in [0.1, 0.15) is 13.8 Å². The number of nitrogens with one attached hydrogen (secondary N) is 1. The Bertz CT molecular complexity index is 446. The normalized spacial score (nSPS) is 10.4. The molecule has 0 aromatic heterocycles. The van der Waals surface area contributed by atoms with Crippen LogP contribution in [0.3, 0.4) is 0 Å². The van der Waals surface area contributed by atoms with Crippen LogP contribution in [0.4, 0.5) is 5.69 Å². The molecule has 0 heterocycles. The molecule has 0 fully saturated rings. The summed E-state index contributed by atoms with van der Waals surface area (Å²) in [6.45, 7) is 4.31. The van der Waals surface area contributed by atoms with Gasteiger partial charge in [0.2, 0.25) is 0 Å². The summed E-state index contributed by atoms with van der Waals surface area (Å²) in [5.74, 6) is 0. The highest BCUT2D eigenvalue weighted by atomic mass is 14.9. The second kappa shape index (κ2) is 4.84. The first kappa shape index (κ1) is 10.7. The van der Waals surface area contributed by atoms with Crippen LogP contribution in [0, 0.1) is 0 Å². The molecule has 0 radical (unpaired) electrons. The summed E-state index contributed by atoms with van der Waals surface area (Å²) in [5, 5.41) is 3.47. The summed E-state index contributed by atoms with van der Waals surface area (Å²) >= 11 is 0. The first-order chi connectivity index (χ1) is 7.77. The molecule has 0 spiro atoms.